The third-order valence-electron chi connectivity index (χ3n) is 4.94. The fourth-order valence-corrected chi connectivity index (χ4v) is 3.52. The summed E-state index contributed by atoms with van der Waals surface area (Å²) in [5.74, 6) is -0.290. The lowest BCUT2D eigenvalue weighted by Crippen LogP contribution is -2.21. The molecule has 0 amide bonds. The molecule has 0 aliphatic heterocycles. The van der Waals surface area contributed by atoms with E-state index in [9.17, 15) is 9.18 Å². The highest BCUT2D eigenvalue weighted by Crippen LogP contribution is 2.27. The van der Waals surface area contributed by atoms with Crippen LogP contribution in [-0.2, 0) is 6.54 Å². The first-order valence-corrected chi connectivity index (χ1v) is 9.00. The van der Waals surface area contributed by atoms with Crippen LogP contribution in [-0.4, -0.2) is 14.2 Å². The predicted molar refractivity (Wildman–Crippen MR) is 108 cm³/mol. The van der Waals surface area contributed by atoms with Crippen LogP contribution in [0.25, 0.3) is 27.5 Å². The van der Waals surface area contributed by atoms with Gasteiger partial charge in [-0.15, -0.1) is 0 Å². The fraction of sp³-hybridized carbons (Fsp3) is 0.0435. The summed E-state index contributed by atoms with van der Waals surface area (Å²) in [5, 5.41) is 6.84. The smallest absolute Gasteiger partial charge is 0.276 e. The molecule has 0 aliphatic rings. The Labute approximate surface area is 160 Å². The van der Waals surface area contributed by atoms with Gasteiger partial charge < -0.3 is 4.57 Å². The minimum atomic E-state index is -0.290. The van der Waals surface area contributed by atoms with E-state index in [1.54, 1.807) is 33.6 Å². The lowest BCUT2D eigenvalue weighted by molar-refractivity contribution is 0.626. The maximum atomic E-state index is 13.1. The number of halogens is 1. The van der Waals surface area contributed by atoms with Gasteiger partial charge in [0.2, 0.25) is 0 Å². The van der Waals surface area contributed by atoms with Gasteiger partial charge in [-0.05, 0) is 34.5 Å². The Hall–Kier alpha value is -3.73. The van der Waals surface area contributed by atoms with E-state index >= 15 is 0 Å². The van der Waals surface area contributed by atoms with Crippen molar-refractivity contribution in [2.45, 2.75) is 6.54 Å². The number of benzene rings is 3. The zero-order valence-electron chi connectivity index (χ0n) is 14.9. The maximum Gasteiger partial charge on any atom is 0.276 e. The molecule has 0 saturated carbocycles. The highest BCUT2D eigenvalue weighted by molar-refractivity contribution is 5.96. The van der Waals surface area contributed by atoms with E-state index in [1.807, 2.05) is 30.3 Å². The average molecular weight is 369 g/mol. The molecule has 5 rings (SSSR count). The summed E-state index contributed by atoms with van der Waals surface area (Å²) in [4.78, 5) is 12.9. The second kappa shape index (κ2) is 6.46. The molecule has 0 unspecified atom stereocenters. The summed E-state index contributed by atoms with van der Waals surface area (Å²) in [6.45, 7) is 0.379. The van der Waals surface area contributed by atoms with Gasteiger partial charge >= 0.3 is 0 Å². The topological polar surface area (TPSA) is 39.3 Å². The van der Waals surface area contributed by atoms with Crippen molar-refractivity contribution in [2.24, 2.45) is 0 Å². The third-order valence-corrected chi connectivity index (χ3v) is 4.94. The molecular formula is C23H16FN3O. The summed E-state index contributed by atoms with van der Waals surface area (Å²) in [5.41, 5.74) is 2.99. The van der Waals surface area contributed by atoms with Crippen LogP contribution >= 0.6 is 0 Å². The van der Waals surface area contributed by atoms with Crippen molar-refractivity contribution in [3.63, 3.8) is 0 Å². The van der Waals surface area contributed by atoms with Gasteiger partial charge in [-0.1, -0.05) is 54.6 Å². The van der Waals surface area contributed by atoms with Crippen LogP contribution in [0.1, 0.15) is 5.56 Å². The van der Waals surface area contributed by atoms with Gasteiger partial charge in [0.1, 0.15) is 11.3 Å². The third kappa shape index (κ3) is 2.77. The molecule has 5 heteroatoms. The minimum Gasteiger partial charge on any atom is -0.308 e. The zero-order valence-corrected chi connectivity index (χ0v) is 14.9. The molecule has 0 saturated heterocycles. The van der Waals surface area contributed by atoms with Crippen LogP contribution in [0.15, 0.2) is 90.0 Å². The van der Waals surface area contributed by atoms with E-state index in [0.29, 0.717) is 12.1 Å². The largest absolute Gasteiger partial charge is 0.308 e. The van der Waals surface area contributed by atoms with Gasteiger partial charge in [-0.2, -0.15) is 5.10 Å². The van der Waals surface area contributed by atoms with Gasteiger partial charge in [0.25, 0.3) is 5.56 Å². The molecule has 0 fully saturated rings. The monoisotopic (exact) mass is 369 g/mol. The highest BCUT2D eigenvalue weighted by Gasteiger charge is 2.11. The Morgan fingerprint density at radius 1 is 0.893 bits per heavy atom. The van der Waals surface area contributed by atoms with Crippen LogP contribution in [0.2, 0.25) is 0 Å². The molecule has 0 spiro atoms. The molecular weight excluding hydrogens is 353 g/mol. The molecule has 28 heavy (non-hydrogen) atoms. The van der Waals surface area contributed by atoms with Crippen molar-refractivity contribution in [1.82, 2.24) is 14.2 Å². The van der Waals surface area contributed by atoms with Crippen molar-refractivity contribution < 1.29 is 4.39 Å². The van der Waals surface area contributed by atoms with Crippen LogP contribution in [0.3, 0.4) is 0 Å². The maximum absolute atomic E-state index is 13.1. The fourth-order valence-electron chi connectivity index (χ4n) is 3.52. The van der Waals surface area contributed by atoms with Crippen molar-refractivity contribution in [2.75, 3.05) is 0 Å². The van der Waals surface area contributed by atoms with E-state index in [2.05, 4.69) is 23.3 Å². The molecule has 136 valence electrons. The zero-order chi connectivity index (χ0) is 19.1. The number of nitrogens with zero attached hydrogens (tertiary/aromatic N) is 3. The number of hydrogen-bond donors (Lipinski definition) is 0. The molecule has 0 aliphatic carbocycles. The van der Waals surface area contributed by atoms with Crippen LogP contribution in [0, 0.1) is 5.82 Å². The summed E-state index contributed by atoms with van der Waals surface area (Å²) in [7, 11) is 0. The molecule has 0 N–H and O–H groups in total. The summed E-state index contributed by atoms with van der Waals surface area (Å²) in [6.07, 6.45) is 3.48. The SMILES string of the molecule is O=c1c2cc(-c3cccc4ccccc34)nn2ccn1Cc1ccc(F)cc1. The van der Waals surface area contributed by atoms with Crippen molar-refractivity contribution in [3.8, 4) is 11.3 Å². The van der Waals surface area contributed by atoms with Crippen LogP contribution < -0.4 is 5.56 Å². The van der Waals surface area contributed by atoms with Crippen LogP contribution in [0.4, 0.5) is 4.39 Å². The van der Waals surface area contributed by atoms with Gasteiger partial charge in [-0.3, -0.25) is 4.79 Å². The normalized spacial score (nSPS) is 11.3. The van der Waals surface area contributed by atoms with E-state index in [0.717, 1.165) is 27.6 Å². The quantitative estimate of drug-likeness (QED) is 0.470. The molecule has 2 aromatic heterocycles. The van der Waals surface area contributed by atoms with E-state index in [4.69, 9.17) is 0 Å². The molecule has 3 aromatic carbocycles. The molecule has 4 nitrogen and oxygen atoms in total. The first-order valence-electron chi connectivity index (χ1n) is 9.00. The van der Waals surface area contributed by atoms with E-state index in [1.165, 1.54) is 12.1 Å². The Kier molecular flexibility index (Phi) is 3.79. The van der Waals surface area contributed by atoms with Gasteiger partial charge in [0.05, 0.1) is 12.2 Å². The second-order valence-electron chi connectivity index (χ2n) is 6.74. The summed E-state index contributed by atoms with van der Waals surface area (Å²) in [6, 6.07) is 22.2. The Bertz CT molecular complexity index is 1360. The average Bonchev–Trinajstić information content (AvgIpc) is 3.16. The molecule has 0 atom stereocenters. The number of hydrogen-bond acceptors (Lipinski definition) is 2. The number of fused-ring (bicyclic) bond motifs is 2. The number of rotatable bonds is 3. The molecule has 0 radical (unpaired) electrons. The molecule has 2 heterocycles. The predicted octanol–water partition coefficient (Wildman–Crippen LogP) is 4.50. The van der Waals surface area contributed by atoms with Crippen LogP contribution in [0.5, 0.6) is 0 Å². The highest BCUT2D eigenvalue weighted by atomic mass is 19.1. The van der Waals surface area contributed by atoms with E-state index in [-0.39, 0.29) is 11.4 Å². The summed E-state index contributed by atoms with van der Waals surface area (Å²) >= 11 is 0. The summed E-state index contributed by atoms with van der Waals surface area (Å²) < 4.78 is 16.3. The lowest BCUT2D eigenvalue weighted by Gasteiger charge is -2.06. The first kappa shape index (κ1) is 16.4. The van der Waals surface area contributed by atoms with Crippen molar-refractivity contribution >= 4 is 16.3 Å². The minimum absolute atomic E-state index is 0.134. The molecule has 5 aromatic rings. The second-order valence-corrected chi connectivity index (χ2v) is 6.74. The number of aromatic nitrogens is 3. The van der Waals surface area contributed by atoms with Gasteiger partial charge in [0.15, 0.2) is 0 Å². The first-order chi connectivity index (χ1) is 13.7. The van der Waals surface area contributed by atoms with Gasteiger partial charge in [0, 0.05) is 18.0 Å². The Morgan fingerprint density at radius 3 is 2.54 bits per heavy atom. The van der Waals surface area contributed by atoms with Crippen molar-refractivity contribution in [1.29, 1.82) is 0 Å². The molecule has 0 bridgehead atoms. The lowest BCUT2D eigenvalue weighted by atomic mass is 10.0. The van der Waals surface area contributed by atoms with Gasteiger partial charge in [-0.25, -0.2) is 8.91 Å². The van der Waals surface area contributed by atoms with Crippen molar-refractivity contribution in [3.05, 3.63) is 107 Å². The standard InChI is InChI=1S/C23H16FN3O/c24-18-10-8-16(9-11-18)15-26-12-13-27-22(23(26)28)14-21(25-27)20-7-3-5-17-4-1-2-6-19(17)20/h1-14H,15H2. The Balaban J connectivity index is 1.61. The van der Waals surface area contributed by atoms with E-state index < -0.39 is 0 Å². The Morgan fingerprint density at radius 2 is 1.68 bits per heavy atom.